The van der Waals surface area contributed by atoms with Crippen LogP contribution < -0.4 is 10.5 Å². The van der Waals surface area contributed by atoms with Crippen LogP contribution in [-0.2, 0) is 13.2 Å². The van der Waals surface area contributed by atoms with E-state index in [2.05, 4.69) is 10.2 Å². The Balaban J connectivity index is 1.72. The van der Waals surface area contributed by atoms with E-state index in [1.54, 1.807) is 16.8 Å². The number of benzene rings is 1. The molecule has 0 amide bonds. The Bertz CT molecular complexity index is 1230. The minimum absolute atomic E-state index is 0.119. The smallest absolute Gasteiger partial charge is 0.215 e. The van der Waals surface area contributed by atoms with Crippen LogP contribution in [0, 0.1) is 25.5 Å². The Kier molecular flexibility index (Phi) is 5.26. The summed E-state index contributed by atoms with van der Waals surface area (Å²) in [5.74, 6) is -0.879. The number of rotatable bonds is 6. The van der Waals surface area contributed by atoms with E-state index in [1.807, 2.05) is 44.6 Å². The highest BCUT2D eigenvalue weighted by molar-refractivity contribution is 5.82. The molecule has 4 aromatic rings. The van der Waals surface area contributed by atoms with Gasteiger partial charge < -0.3 is 10.5 Å². The Morgan fingerprint density at radius 2 is 1.84 bits per heavy atom. The molecule has 162 valence electrons. The largest absolute Gasteiger partial charge is 0.473 e. The number of fused-ring (bicyclic) bond motifs is 1. The molecule has 0 fully saturated rings. The molecule has 8 heteroatoms. The molecule has 3 heterocycles. The second-order valence-electron chi connectivity index (χ2n) is 8.53. The Morgan fingerprint density at radius 3 is 2.52 bits per heavy atom. The molecule has 0 bridgehead atoms. The van der Waals surface area contributed by atoms with Crippen molar-refractivity contribution in [2.24, 2.45) is 5.73 Å². The third-order valence-electron chi connectivity index (χ3n) is 4.94. The summed E-state index contributed by atoms with van der Waals surface area (Å²) in [6.45, 7) is 8.06. The second-order valence-corrected chi connectivity index (χ2v) is 8.53. The van der Waals surface area contributed by atoms with Gasteiger partial charge in [-0.25, -0.2) is 13.3 Å². The highest BCUT2D eigenvalue weighted by atomic mass is 19.1. The number of pyridine rings is 1. The average molecular weight is 425 g/mol. The zero-order valence-corrected chi connectivity index (χ0v) is 18.0. The van der Waals surface area contributed by atoms with Gasteiger partial charge in [0.1, 0.15) is 18.2 Å². The zero-order valence-electron chi connectivity index (χ0n) is 18.0. The molecule has 0 spiro atoms. The molecule has 6 nitrogen and oxygen atoms in total. The molecule has 1 aromatic carbocycles. The molecule has 0 aliphatic carbocycles. The molecule has 0 saturated heterocycles. The first-order valence-corrected chi connectivity index (χ1v) is 10.00. The molecule has 4 rings (SSSR count). The van der Waals surface area contributed by atoms with Crippen LogP contribution in [0.4, 0.5) is 8.78 Å². The minimum atomic E-state index is -0.642. The molecule has 0 radical (unpaired) electrons. The zero-order chi connectivity index (χ0) is 22.3. The topological polar surface area (TPSA) is 70.4 Å². The van der Waals surface area contributed by atoms with E-state index >= 15 is 0 Å². The van der Waals surface area contributed by atoms with E-state index in [0.717, 1.165) is 27.9 Å². The van der Waals surface area contributed by atoms with Crippen molar-refractivity contribution in [1.82, 2.24) is 19.4 Å². The summed E-state index contributed by atoms with van der Waals surface area (Å²) < 4.78 is 37.3. The number of nitrogens with two attached hydrogens (primary N) is 1. The predicted octanol–water partition coefficient (Wildman–Crippen LogP) is 4.41. The Labute approximate surface area is 179 Å². The van der Waals surface area contributed by atoms with Gasteiger partial charge in [0, 0.05) is 28.9 Å². The van der Waals surface area contributed by atoms with Crippen LogP contribution in [0.15, 0.2) is 42.7 Å². The number of ether oxygens (including phenoxy) is 1. The van der Waals surface area contributed by atoms with Crippen molar-refractivity contribution in [3.8, 4) is 17.0 Å². The highest BCUT2D eigenvalue weighted by Crippen LogP contribution is 2.32. The van der Waals surface area contributed by atoms with Gasteiger partial charge >= 0.3 is 0 Å². The van der Waals surface area contributed by atoms with Crippen LogP contribution in [0.3, 0.4) is 0 Å². The summed E-state index contributed by atoms with van der Waals surface area (Å²) in [5, 5.41) is 9.04. The van der Waals surface area contributed by atoms with E-state index < -0.39 is 11.6 Å². The average Bonchev–Trinajstić information content (AvgIpc) is 3.22. The fourth-order valence-corrected chi connectivity index (χ4v) is 3.63. The summed E-state index contributed by atoms with van der Waals surface area (Å²) in [5.41, 5.74) is 9.99. The lowest BCUT2D eigenvalue weighted by Crippen LogP contribution is -2.37. The molecule has 2 N–H and O–H groups in total. The van der Waals surface area contributed by atoms with Crippen LogP contribution in [0.1, 0.15) is 30.7 Å². The molecule has 3 aromatic heterocycles. The summed E-state index contributed by atoms with van der Waals surface area (Å²) in [6.07, 6.45) is 3.73. The number of aromatic nitrogens is 4. The van der Waals surface area contributed by atoms with Gasteiger partial charge in [0.05, 0.1) is 29.5 Å². The first kappa shape index (κ1) is 21.0. The molecule has 0 aliphatic rings. The number of aryl methyl sites for hydroxylation is 2. The van der Waals surface area contributed by atoms with Crippen molar-refractivity contribution in [1.29, 1.82) is 0 Å². The fourth-order valence-electron chi connectivity index (χ4n) is 3.63. The van der Waals surface area contributed by atoms with Crippen LogP contribution in [0.2, 0.25) is 0 Å². The van der Waals surface area contributed by atoms with Crippen LogP contribution in [0.5, 0.6) is 5.88 Å². The highest BCUT2D eigenvalue weighted by Gasteiger charge is 2.19. The third kappa shape index (κ3) is 4.29. The number of hydrogen-bond donors (Lipinski definition) is 1. The van der Waals surface area contributed by atoms with Gasteiger partial charge in [-0.1, -0.05) is 6.07 Å². The molecule has 0 unspecified atom stereocenters. The Hall–Kier alpha value is -3.26. The van der Waals surface area contributed by atoms with E-state index in [9.17, 15) is 8.78 Å². The standard InChI is InChI=1S/C23H25F2N5O/c1-14-8-20-22(16-10-27-29(11-16)13-23(3,4)26)15(2)28-30(20)21(9-14)31-12-17-18(24)6-5-7-19(17)25/h5-11H,12-13,26H2,1-4H3. The first-order valence-electron chi connectivity index (χ1n) is 10.00. The summed E-state index contributed by atoms with van der Waals surface area (Å²) in [4.78, 5) is 0. The van der Waals surface area contributed by atoms with Crippen molar-refractivity contribution in [2.75, 3.05) is 0 Å². The van der Waals surface area contributed by atoms with Gasteiger partial charge in [0.25, 0.3) is 0 Å². The lowest BCUT2D eigenvalue weighted by Gasteiger charge is -2.17. The van der Waals surface area contributed by atoms with Crippen LogP contribution in [-0.4, -0.2) is 24.9 Å². The number of hydrogen-bond acceptors (Lipinski definition) is 4. The Morgan fingerprint density at radius 1 is 1.13 bits per heavy atom. The maximum atomic E-state index is 14.0. The second kappa shape index (κ2) is 7.77. The lowest BCUT2D eigenvalue weighted by molar-refractivity contribution is 0.274. The van der Waals surface area contributed by atoms with Gasteiger partial charge in [-0.15, -0.1) is 0 Å². The van der Waals surface area contributed by atoms with Gasteiger partial charge in [-0.2, -0.15) is 10.2 Å². The van der Waals surface area contributed by atoms with Crippen LogP contribution in [0.25, 0.3) is 16.6 Å². The molecule has 0 saturated carbocycles. The van der Waals surface area contributed by atoms with E-state index in [4.69, 9.17) is 10.5 Å². The van der Waals surface area contributed by atoms with Crippen LogP contribution >= 0.6 is 0 Å². The summed E-state index contributed by atoms with van der Waals surface area (Å²) >= 11 is 0. The normalized spacial score (nSPS) is 12.0. The quantitative estimate of drug-likeness (QED) is 0.497. The fraction of sp³-hybridized carbons (Fsp3) is 0.304. The van der Waals surface area contributed by atoms with Crippen molar-refractivity contribution in [3.05, 3.63) is 71.2 Å². The van der Waals surface area contributed by atoms with E-state index in [0.29, 0.717) is 12.4 Å². The van der Waals surface area contributed by atoms with E-state index in [-0.39, 0.29) is 17.7 Å². The summed E-state index contributed by atoms with van der Waals surface area (Å²) in [6, 6.07) is 7.54. The number of nitrogens with zero attached hydrogens (tertiary/aromatic N) is 4. The molecular formula is C23H25F2N5O. The first-order chi connectivity index (χ1) is 14.6. The molecule has 31 heavy (non-hydrogen) atoms. The van der Waals surface area contributed by atoms with Gasteiger partial charge in [0.15, 0.2) is 0 Å². The maximum Gasteiger partial charge on any atom is 0.215 e. The molecular weight excluding hydrogens is 400 g/mol. The predicted molar refractivity (Wildman–Crippen MR) is 115 cm³/mol. The van der Waals surface area contributed by atoms with Gasteiger partial charge in [0.2, 0.25) is 5.88 Å². The van der Waals surface area contributed by atoms with Crippen molar-refractivity contribution < 1.29 is 13.5 Å². The molecule has 0 aliphatic heterocycles. The SMILES string of the molecule is Cc1cc(OCc2c(F)cccc2F)n2nc(C)c(-c3cnn(CC(C)(C)N)c3)c2c1. The molecule has 0 atom stereocenters. The monoisotopic (exact) mass is 425 g/mol. The maximum absolute atomic E-state index is 14.0. The van der Waals surface area contributed by atoms with Gasteiger partial charge in [-0.05, 0) is 51.5 Å². The van der Waals surface area contributed by atoms with Crippen molar-refractivity contribution in [3.63, 3.8) is 0 Å². The van der Waals surface area contributed by atoms with Crippen molar-refractivity contribution >= 4 is 5.52 Å². The number of halogens is 2. The minimum Gasteiger partial charge on any atom is -0.473 e. The summed E-state index contributed by atoms with van der Waals surface area (Å²) in [7, 11) is 0. The lowest BCUT2D eigenvalue weighted by atomic mass is 10.1. The van der Waals surface area contributed by atoms with Crippen molar-refractivity contribution in [2.45, 2.75) is 46.4 Å². The van der Waals surface area contributed by atoms with E-state index in [1.165, 1.54) is 18.2 Å². The third-order valence-corrected chi connectivity index (χ3v) is 4.94. The van der Waals surface area contributed by atoms with Gasteiger partial charge in [-0.3, -0.25) is 4.68 Å².